The van der Waals surface area contributed by atoms with Gasteiger partial charge in [0.2, 0.25) is 0 Å². The van der Waals surface area contributed by atoms with E-state index in [0.29, 0.717) is 26.2 Å². The van der Waals surface area contributed by atoms with E-state index < -0.39 is 11.9 Å². The van der Waals surface area contributed by atoms with Crippen LogP contribution in [0.25, 0.3) is 0 Å². The van der Waals surface area contributed by atoms with E-state index in [1.54, 1.807) is 37.4 Å². The third-order valence-corrected chi connectivity index (χ3v) is 3.74. The largest absolute Gasteiger partial charge is 0.309 e. The van der Waals surface area contributed by atoms with E-state index in [1.165, 1.54) is 6.07 Å². The summed E-state index contributed by atoms with van der Waals surface area (Å²) < 4.78 is 14.0. The molecule has 100 valence electrons. The third-order valence-electron chi connectivity index (χ3n) is 2.85. The van der Waals surface area contributed by atoms with Crippen molar-refractivity contribution in [3.05, 3.63) is 68.4 Å². The topological polar surface area (TPSA) is 12.0 Å². The van der Waals surface area contributed by atoms with Gasteiger partial charge in [-0.1, -0.05) is 46.9 Å². The summed E-state index contributed by atoms with van der Waals surface area (Å²) in [5, 5.41) is 4.35. The van der Waals surface area contributed by atoms with Gasteiger partial charge in [-0.25, -0.2) is 4.39 Å². The SMILES string of the molecule is CNC(c1ccc(Cl)cc1F)c1c(Cl)cccc1Cl. The van der Waals surface area contributed by atoms with E-state index in [-0.39, 0.29) is 0 Å². The summed E-state index contributed by atoms with van der Waals surface area (Å²) in [6.45, 7) is 0. The third kappa shape index (κ3) is 3.03. The van der Waals surface area contributed by atoms with Crippen LogP contribution in [0.4, 0.5) is 4.39 Å². The molecular weight excluding hydrogens is 308 g/mol. The molecule has 2 aromatic rings. The van der Waals surface area contributed by atoms with Crippen molar-refractivity contribution < 1.29 is 4.39 Å². The molecule has 1 N–H and O–H groups in total. The lowest BCUT2D eigenvalue weighted by molar-refractivity contribution is 0.576. The van der Waals surface area contributed by atoms with Crippen molar-refractivity contribution >= 4 is 34.8 Å². The van der Waals surface area contributed by atoms with Crippen molar-refractivity contribution in [1.29, 1.82) is 0 Å². The monoisotopic (exact) mass is 317 g/mol. The minimum atomic E-state index is -0.432. The van der Waals surface area contributed by atoms with Crippen molar-refractivity contribution in [3.8, 4) is 0 Å². The minimum absolute atomic E-state index is 0.348. The van der Waals surface area contributed by atoms with Crippen LogP contribution < -0.4 is 5.32 Å². The van der Waals surface area contributed by atoms with Crippen LogP contribution in [0.15, 0.2) is 36.4 Å². The highest BCUT2D eigenvalue weighted by Crippen LogP contribution is 2.35. The molecule has 5 heteroatoms. The second kappa shape index (κ2) is 6.10. The fourth-order valence-corrected chi connectivity index (χ4v) is 2.75. The molecule has 1 atom stereocenters. The van der Waals surface area contributed by atoms with Crippen LogP contribution in [-0.2, 0) is 0 Å². The first kappa shape index (κ1) is 14.6. The van der Waals surface area contributed by atoms with E-state index in [2.05, 4.69) is 5.32 Å². The maximum Gasteiger partial charge on any atom is 0.129 e. The molecule has 0 fully saturated rings. The van der Waals surface area contributed by atoms with E-state index in [0.717, 1.165) is 0 Å². The Labute approximate surface area is 126 Å². The molecule has 1 unspecified atom stereocenters. The molecular formula is C14H11Cl3FN. The number of benzene rings is 2. The Balaban J connectivity index is 2.56. The van der Waals surface area contributed by atoms with Crippen molar-refractivity contribution in [2.24, 2.45) is 0 Å². The maximum absolute atomic E-state index is 14.0. The van der Waals surface area contributed by atoms with Crippen molar-refractivity contribution in [1.82, 2.24) is 5.32 Å². The molecule has 0 bridgehead atoms. The van der Waals surface area contributed by atoms with Crippen molar-refractivity contribution in [3.63, 3.8) is 0 Å². The molecule has 2 aromatic carbocycles. The molecule has 0 aliphatic rings. The van der Waals surface area contributed by atoms with Gasteiger partial charge in [0.05, 0.1) is 6.04 Å². The van der Waals surface area contributed by atoms with Gasteiger partial charge in [-0.3, -0.25) is 0 Å². The van der Waals surface area contributed by atoms with Gasteiger partial charge in [-0.15, -0.1) is 0 Å². The Morgan fingerprint density at radius 3 is 2.21 bits per heavy atom. The highest BCUT2D eigenvalue weighted by atomic mass is 35.5. The van der Waals surface area contributed by atoms with Gasteiger partial charge in [0.1, 0.15) is 5.82 Å². The number of nitrogens with one attached hydrogen (secondary N) is 1. The van der Waals surface area contributed by atoms with Crippen molar-refractivity contribution in [2.45, 2.75) is 6.04 Å². The molecule has 0 aliphatic carbocycles. The second-order valence-corrected chi connectivity index (χ2v) is 5.27. The minimum Gasteiger partial charge on any atom is -0.309 e. The lowest BCUT2D eigenvalue weighted by Crippen LogP contribution is -2.19. The van der Waals surface area contributed by atoms with Gasteiger partial charge >= 0.3 is 0 Å². The number of hydrogen-bond acceptors (Lipinski definition) is 1. The molecule has 0 aliphatic heterocycles. The lowest BCUT2D eigenvalue weighted by Gasteiger charge is -2.20. The quantitative estimate of drug-likeness (QED) is 0.830. The summed E-state index contributed by atoms with van der Waals surface area (Å²) in [6, 6.07) is 9.29. The van der Waals surface area contributed by atoms with E-state index in [4.69, 9.17) is 34.8 Å². The van der Waals surface area contributed by atoms with Gasteiger partial charge in [0.25, 0.3) is 0 Å². The van der Waals surface area contributed by atoms with Crippen molar-refractivity contribution in [2.75, 3.05) is 7.05 Å². The van der Waals surface area contributed by atoms with Crippen LogP contribution in [-0.4, -0.2) is 7.05 Å². The second-order valence-electron chi connectivity index (χ2n) is 4.02. The Kier molecular flexibility index (Phi) is 4.69. The Hall–Kier alpha value is -0.800. The summed E-state index contributed by atoms with van der Waals surface area (Å²) in [7, 11) is 1.72. The Morgan fingerprint density at radius 2 is 1.68 bits per heavy atom. The van der Waals surface area contributed by atoms with Crippen LogP contribution >= 0.6 is 34.8 Å². The molecule has 0 spiro atoms. The van der Waals surface area contributed by atoms with Gasteiger partial charge in [-0.05, 0) is 31.3 Å². The summed E-state index contributed by atoms with van der Waals surface area (Å²) in [5.74, 6) is -0.400. The molecule has 19 heavy (non-hydrogen) atoms. The average molecular weight is 319 g/mol. The predicted octanol–water partition coefficient (Wildman–Crippen LogP) is 5.09. The van der Waals surface area contributed by atoms with Crippen LogP contribution in [0, 0.1) is 5.82 Å². The van der Waals surface area contributed by atoms with Crippen LogP contribution in [0.1, 0.15) is 17.2 Å². The fourth-order valence-electron chi connectivity index (χ4n) is 1.98. The van der Waals surface area contributed by atoms with Gasteiger partial charge in [0, 0.05) is 26.2 Å². The molecule has 0 amide bonds. The van der Waals surface area contributed by atoms with Gasteiger partial charge in [-0.2, -0.15) is 0 Å². The Morgan fingerprint density at radius 1 is 1.05 bits per heavy atom. The molecule has 1 nitrogen and oxygen atoms in total. The molecule has 0 heterocycles. The summed E-state index contributed by atoms with van der Waals surface area (Å²) in [5.41, 5.74) is 1.09. The summed E-state index contributed by atoms with van der Waals surface area (Å²) in [4.78, 5) is 0. The summed E-state index contributed by atoms with van der Waals surface area (Å²) in [6.07, 6.45) is 0. The Bertz CT molecular complexity index is 581. The molecule has 0 aromatic heterocycles. The fraction of sp³-hybridized carbons (Fsp3) is 0.143. The highest BCUT2D eigenvalue weighted by Gasteiger charge is 2.21. The highest BCUT2D eigenvalue weighted by molar-refractivity contribution is 6.36. The molecule has 0 saturated carbocycles. The first-order valence-electron chi connectivity index (χ1n) is 5.60. The van der Waals surface area contributed by atoms with E-state index >= 15 is 0 Å². The lowest BCUT2D eigenvalue weighted by atomic mass is 9.98. The standard InChI is InChI=1S/C14H11Cl3FN/c1-19-14(9-6-5-8(15)7-12(9)18)13-10(16)3-2-4-11(13)17/h2-7,14,19H,1H3. The smallest absolute Gasteiger partial charge is 0.129 e. The maximum atomic E-state index is 14.0. The van der Waals surface area contributed by atoms with Gasteiger partial charge < -0.3 is 5.32 Å². The van der Waals surface area contributed by atoms with E-state index in [1.807, 2.05) is 0 Å². The number of halogens is 4. The van der Waals surface area contributed by atoms with Crippen LogP contribution in [0.2, 0.25) is 15.1 Å². The van der Waals surface area contributed by atoms with Crippen LogP contribution in [0.5, 0.6) is 0 Å². The first-order valence-corrected chi connectivity index (χ1v) is 6.74. The van der Waals surface area contributed by atoms with E-state index in [9.17, 15) is 4.39 Å². The predicted molar refractivity (Wildman–Crippen MR) is 78.8 cm³/mol. The zero-order chi connectivity index (χ0) is 14.0. The zero-order valence-electron chi connectivity index (χ0n) is 10.1. The molecule has 2 rings (SSSR count). The first-order chi connectivity index (χ1) is 9.04. The summed E-state index contributed by atoms with van der Waals surface area (Å²) >= 11 is 18.1. The molecule has 0 radical (unpaired) electrons. The molecule has 0 saturated heterocycles. The number of hydrogen-bond donors (Lipinski definition) is 1. The normalized spacial score (nSPS) is 12.5. The number of rotatable bonds is 3. The zero-order valence-corrected chi connectivity index (χ0v) is 12.3. The van der Waals surface area contributed by atoms with Crippen LogP contribution in [0.3, 0.4) is 0 Å². The average Bonchev–Trinajstić information content (AvgIpc) is 2.35. The van der Waals surface area contributed by atoms with Gasteiger partial charge in [0.15, 0.2) is 0 Å².